The van der Waals surface area contributed by atoms with E-state index < -0.39 is 17.7 Å². The van der Waals surface area contributed by atoms with E-state index >= 15 is 0 Å². The number of para-hydroxylation sites is 1. The van der Waals surface area contributed by atoms with Crippen molar-refractivity contribution >= 4 is 39.3 Å². The molecule has 0 saturated heterocycles. The first-order valence-corrected chi connectivity index (χ1v) is 9.57. The predicted molar refractivity (Wildman–Crippen MR) is 104 cm³/mol. The number of nitrogens with zero attached hydrogens (tertiary/aromatic N) is 3. The molecule has 1 aromatic heterocycles. The number of rotatable bonds is 4. The van der Waals surface area contributed by atoms with Gasteiger partial charge in [-0.05, 0) is 31.2 Å². The molecule has 4 rings (SSSR count). The Morgan fingerprint density at radius 3 is 2.39 bits per heavy atom. The van der Waals surface area contributed by atoms with Gasteiger partial charge in [-0.2, -0.15) is 4.99 Å². The van der Waals surface area contributed by atoms with Crippen molar-refractivity contribution in [2.24, 2.45) is 12.0 Å². The largest absolute Gasteiger partial charge is 0.492 e. The minimum Gasteiger partial charge on any atom is -0.492 e. The number of aryl methyl sites for hydroxylation is 1. The number of aromatic nitrogens is 1. The smallest absolute Gasteiger partial charge is 0.268 e. The van der Waals surface area contributed by atoms with E-state index in [1.165, 1.54) is 11.3 Å². The maximum Gasteiger partial charge on any atom is 0.268 e. The van der Waals surface area contributed by atoms with Gasteiger partial charge in [0.2, 0.25) is 0 Å². The normalized spacial score (nSPS) is 14.1. The lowest BCUT2D eigenvalue weighted by Crippen LogP contribution is -2.35. The quantitative estimate of drug-likeness (QED) is 0.635. The number of hydrogen-bond acceptors (Lipinski definition) is 5. The van der Waals surface area contributed by atoms with E-state index in [0.717, 1.165) is 15.1 Å². The molecule has 28 heavy (non-hydrogen) atoms. The second-order valence-corrected chi connectivity index (χ2v) is 7.24. The van der Waals surface area contributed by atoms with Gasteiger partial charge in [0.25, 0.3) is 17.7 Å². The molecule has 0 N–H and O–H groups in total. The Kier molecular flexibility index (Phi) is 4.56. The Hall–Kier alpha value is -3.26. The monoisotopic (exact) mass is 395 g/mol. The van der Waals surface area contributed by atoms with Crippen LogP contribution in [0.2, 0.25) is 0 Å². The summed E-state index contributed by atoms with van der Waals surface area (Å²) in [4.78, 5) is 42.9. The Balaban J connectivity index is 1.65. The third-order valence-electron chi connectivity index (χ3n) is 4.48. The van der Waals surface area contributed by atoms with Crippen molar-refractivity contribution in [3.05, 3.63) is 58.4 Å². The molecular formula is C20H17N3O4S. The van der Waals surface area contributed by atoms with Crippen molar-refractivity contribution in [2.75, 3.05) is 13.2 Å². The van der Waals surface area contributed by atoms with Gasteiger partial charge < -0.3 is 9.30 Å². The van der Waals surface area contributed by atoms with Crippen molar-refractivity contribution in [1.29, 1.82) is 0 Å². The maximum absolute atomic E-state index is 12.5. The highest BCUT2D eigenvalue weighted by atomic mass is 32.1. The van der Waals surface area contributed by atoms with Gasteiger partial charge in [0, 0.05) is 7.05 Å². The van der Waals surface area contributed by atoms with Gasteiger partial charge in [-0.15, -0.1) is 0 Å². The average Bonchev–Trinajstić information content (AvgIpc) is 3.13. The van der Waals surface area contributed by atoms with E-state index in [1.807, 2.05) is 25.1 Å². The Labute approximate surface area is 164 Å². The van der Waals surface area contributed by atoms with Gasteiger partial charge in [-0.1, -0.05) is 29.5 Å². The summed E-state index contributed by atoms with van der Waals surface area (Å²) >= 11 is 1.35. The van der Waals surface area contributed by atoms with E-state index in [0.29, 0.717) is 28.3 Å². The van der Waals surface area contributed by atoms with Crippen LogP contribution in [0.15, 0.2) is 47.5 Å². The van der Waals surface area contributed by atoms with Crippen LogP contribution in [0.5, 0.6) is 5.75 Å². The standard InChI is InChI=1S/C20H17N3O4S/c1-3-27-14-9-6-10-15-17(14)22(2)20(28-15)21-16(24)11-23-18(25)12-7-4-5-8-13(12)19(23)26/h4-10H,3,11H2,1-2H3. The van der Waals surface area contributed by atoms with E-state index in [2.05, 4.69) is 4.99 Å². The first kappa shape index (κ1) is 18.1. The SMILES string of the molecule is CCOc1cccc2sc(=NC(=O)CN3C(=O)c4ccccc4C3=O)n(C)c12. The molecule has 0 spiro atoms. The summed E-state index contributed by atoms with van der Waals surface area (Å²) in [5.41, 5.74) is 1.48. The fourth-order valence-corrected chi connectivity index (χ4v) is 4.26. The Morgan fingerprint density at radius 2 is 1.75 bits per heavy atom. The third kappa shape index (κ3) is 2.91. The summed E-state index contributed by atoms with van der Waals surface area (Å²) in [7, 11) is 1.80. The highest BCUT2D eigenvalue weighted by molar-refractivity contribution is 7.16. The van der Waals surface area contributed by atoms with Crippen molar-refractivity contribution < 1.29 is 19.1 Å². The molecule has 0 bridgehead atoms. The van der Waals surface area contributed by atoms with E-state index in [4.69, 9.17) is 4.74 Å². The molecule has 0 atom stereocenters. The number of benzene rings is 2. The molecule has 0 radical (unpaired) electrons. The minimum atomic E-state index is -0.561. The molecule has 0 fully saturated rings. The number of carbonyl (C=O) groups is 3. The average molecular weight is 395 g/mol. The molecule has 0 unspecified atom stereocenters. The molecule has 2 heterocycles. The zero-order chi connectivity index (χ0) is 19.8. The molecule has 2 aromatic carbocycles. The molecule has 0 saturated carbocycles. The number of carbonyl (C=O) groups excluding carboxylic acids is 3. The number of imide groups is 1. The van der Waals surface area contributed by atoms with Crippen LogP contribution in [0.4, 0.5) is 0 Å². The van der Waals surface area contributed by atoms with Crippen LogP contribution in [0.25, 0.3) is 10.2 Å². The van der Waals surface area contributed by atoms with Crippen LogP contribution in [-0.2, 0) is 11.8 Å². The lowest BCUT2D eigenvalue weighted by atomic mass is 10.1. The zero-order valence-corrected chi connectivity index (χ0v) is 16.2. The topological polar surface area (TPSA) is 81.0 Å². The molecule has 142 valence electrons. The molecular weight excluding hydrogens is 378 g/mol. The van der Waals surface area contributed by atoms with E-state index in [-0.39, 0.29) is 6.54 Å². The van der Waals surface area contributed by atoms with Gasteiger partial charge in [0.15, 0.2) is 4.80 Å². The number of fused-ring (bicyclic) bond motifs is 2. The molecule has 0 aliphatic carbocycles. The highest BCUT2D eigenvalue weighted by Gasteiger charge is 2.36. The van der Waals surface area contributed by atoms with Crippen LogP contribution >= 0.6 is 11.3 Å². The van der Waals surface area contributed by atoms with Crippen LogP contribution in [0, 0.1) is 0 Å². The van der Waals surface area contributed by atoms with Crippen LogP contribution in [0.1, 0.15) is 27.6 Å². The molecule has 8 heteroatoms. The number of ether oxygens (including phenoxy) is 1. The van der Waals surface area contributed by atoms with Crippen molar-refractivity contribution in [3.63, 3.8) is 0 Å². The lowest BCUT2D eigenvalue weighted by Gasteiger charge is -2.10. The third-order valence-corrected chi connectivity index (χ3v) is 5.57. The van der Waals surface area contributed by atoms with Crippen molar-refractivity contribution in [2.45, 2.75) is 6.92 Å². The van der Waals surface area contributed by atoms with E-state index in [1.54, 1.807) is 35.9 Å². The van der Waals surface area contributed by atoms with Gasteiger partial charge in [0.1, 0.15) is 17.8 Å². The fraction of sp³-hybridized carbons (Fsp3) is 0.200. The summed E-state index contributed by atoms with van der Waals surface area (Å²) in [5.74, 6) is -0.783. The summed E-state index contributed by atoms with van der Waals surface area (Å²) in [6.07, 6.45) is 0. The maximum atomic E-state index is 12.5. The second kappa shape index (κ2) is 7.05. The zero-order valence-electron chi connectivity index (χ0n) is 15.3. The van der Waals surface area contributed by atoms with Crippen LogP contribution in [-0.4, -0.2) is 40.3 Å². The van der Waals surface area contributed by atoms with Gasteiger partial charge in [-0.3, -0.25) is 19.3 Å². The predicted octanol–water partition coefficient (Wildman–Crippen LogP) is 2.36. The number of thiazole rings is 1. The lowest BCUT2D eigenvalue weighted by molar-refractivity contribution is -0.118. The Bertz CT molecular complexity index is 1160. The summed E-state index contributed by atoms with van der Waals surface area (Å²) in [6, 6.07) is 12.2. The molecule has 3 aromatic rings. The first-order valence-electron chi connectivity index (χ1n) is 8.75. The van der Waals surface area contributed by atoms with Gasteiger partial charge in [-0.25, -0.2) is 0 Å². The summed E-state index contributed by atoms with van der Waals surface area (Å²) < 4.78 is 8.37. The van der Waals surface area contributed by atoms with Gasteiger partial charge >= 0.3 is 0 Å². The fourth-order valence-electron chi connectivity index (χ4n) is 3.21. The van der Waals surface area contributed by atoms with Crippen LogP contribution in [0.3, 0.4) is 0 Å². The Morgan fingerprint density at radius 1 is 1.07 bits per heavy atom. The van der Waals surface area contributed by atoms with Crippen LogP contribution < -0.4 is 9.54 Å². The highest BCUT2D eigenvalue weighted by Crippen LogP contribution is 2.27. The second-order valence-electron chi connectivity index (χ2n) is 6.23. The summed E-state index contributed by atoms with van der Waals surface area (Å²) in [5, 5.41) is 0. The first-order chi connectivity index (χ1) is 13.5. The molecule has 7 nitrogen and oxygen atoms in total. The molecule has 1 aliphatic heterocycles. The molecule has 1 aliphatic rings. The van der Waals surface area contributed by atoms with Gasteiger partial charge in [0.05, 0.1) is 22.4 Å². The molecule has 3 amide bonds. The van der Waals surface area contributed by atoms with Crippen molar-refractivity contribution in [1.82, 2.24) is 9.47 Å². The number of hydrogen-bond donors (Lipinski definition) is 0. The number of amides is 3. The van der Waals surface area contributed by atoms with E-state index in [9.17, 15) is 14.4 Å². The minimum absolute atomic E-state index is 0.314. The van der Waals surface area contributed by atoms with Crippen molar-refractivity contribution in [3.8, 4) is 5.75 Å². The summed E-state index contributed by atoms with van der Waals surface area (Å²) in [6.45, 7) is 2.04.